The first-order valence-electron chi connectivity index (χ1n) is 5.01. The zero-order valence-corrected chi connectivity index (χ0v) is 10.2. The summed E-state index contributed by atoms with van der Waals surface area (Å²) in [6, 6.07) is 12.9. The van der Waals surface area contributed by atoms with Gasteiger partial charge in [-0.25, -0.2) is 4.68 Å². The fraction of sp³-hybridized carbons (Fsp3) is 0. The van der Waals surface area contributed by atoms with Gasteiger partial charge >= 0.3 is 0 Å². The zero-order valence-electron chi connectivity index (χ0n) is 8.64. The molecule has 5 heteroatoms. The minimum atomic E-state index is 0.653. The highest BCUT2D eigenvalue weighted by atomic mass is 35.5. The SMILES string of the molecule is Clc1ccc(-n2nnc3cc(Cl)ccc32)cc1. The van der Waals surface area contributed by atoms with Crippen molar-refractivity contribution < 1.29 is 0 Å². The smallest absolute Gasteiger partial charge is 0.115 e. The van der Waals surface area contributed by atoms with Crippen LogP contribution in [0, 0.1) is 0 Å². The molecule has 1 heterocycles. The molecule has 0 aliphatic heterocycles. The summed E-state index contributed by atoms with van der Waals surface area (Å²) in [5.74, 6) is 0. The van der Waals surface area contributed by atoms with Gasteiger partial charge < -0.3 is 0 Å². The van der Waals surface area contributed by atoms with Crippen molar-refractivity contribution in [3.8, 4) is 5.69 Å². The fourth-order valence-electron chi connectivity index (χ4n) is 1.67. The molecule has 0 atom stereocenters. The Morgan fingerprint density at radius 3 is 2.35 bits per heavy atom. The first kappa shape index (κ1) is 10.6. The van der Waals surface area contributed by atoms with Crippen LogP contribution in [-0.4, -0.2) is 15.0 Å². The molecule has 3 rings (SSSR count). The summed E-state index contributed by atoms with van der Waals surface area (Å²) in [5.41, 5.74) is 2.60. The van der Waals surface area contributed by atoms with Crippen molar-refractivity contribution in [2.75, 3.05) is 0 Å². The average molecular weight is 264 g/mol. The van der Waals surface area contributed by atoms with E-state index in [1.54, 1.807) is 10.7 Å². The maximum Gasteiger partial charge on any atom is 0.115 e. The number of rotatable bonds is 1. The molecule has 0 N–H and O–H groups in total. The quantitative estimate of drug-likeness (QED) is 0.670. The molecule has 0 saturated carbocycles. The Kier molecular flexibility index (Phi) is 2.50. The van der Waals surface area contributed by atoms with Gasteiger partial charge in [-0.3, -0.25) is 0 Å². The van der Waals surface area contributed by atoms with E-state index in [9.17, 15) is 0 Å². The fourth-order valence-corrected chi connectivity index (χ4v) is 1.96. The molecule has 0 aliphatic carbocycles. The van der Waals surface area contributed by atoms with Crippen LogP contribution in [0.5, 0.6) is 0 Å². The number of hydrogen-bond donors (Lipinski definition) is 0. The first-order chi connectivity index (χ1) is 8.24. The van der Waals surface area contributed by atoms with Gasteiger partial charge in [-0.05, 0) is 42.5 Å². The number of hydrogen-bond acceptors (Lipinski definition) is 2. The van der Waals surface area contributed by atoms with Gasteiger partial charge in [0.2, 0.25) is 0 Å². The predicted molar refractivity (Wildman–Crippen MR) is 68.9 cm³/mol. The lowest BCUT2D eigenvalue weighted by Gasteiger charge is -2.01. The zero-order chi connectivity index (χ0) is 11.8. The van der Waals surface area contributed by atoms with Crippen LogP contribution < -0.4 is 0 Å². The van der Waals surface area contributed by atoms with Crippen molar-refractivity contribution in [2.45, 2.75) is 0 Å². The summed E-state index contributed by atoms with van der Waals surface area (Å²) in [6.07, 6.45) is 0. The van der Waals surface area contributed by atoms with E-state index < -0.39 is 0 Å². The van der Waals surface area contributed by atoms with Gasteiger partial charge in [-0.2, -0.15) is 0 Å². The molecule has 0 amide bonds. The summed E-state index contributed by atoms with van der Waals surface area (Å²) >= 11 is 11.7. The standard InChI is InChI=1S/C12H7Cl2N3/c13-8-1-4-10(5-2-8)17-12-6-3-9(14)7-11(12)15-16-17/h1-7H. The molecule has 0 saturated heterocycles. The molecule has 0 unspecified atom stereocenters. The van der Waals surface area contributed by atoms with Crippen molar-refractivity contribution in [3.63, 3.8) is 0 Å². The Hall–Kier alpha value is -1.58. The maximum atomic E-state index is 5.90. The van der Waals surface area contributed by atoms with Crippen LogP contribution in [-0.2, 0) is 0 Å². The van der Waals surface area contributed by atoms with Crippen LogP contribution >= 0.6 is 23.2 Å². The Bertz CT molecular complexity index is 674. The first-order valence-corrected chi connectivity index (χ1v) is 5.76. The van der Waals surface area contributed by atoms with Gasteiger partial charge in [-0.15, -0.1) is 5.10 Å². The van der Waals surface area contributed by atoms with Crippen LogP contribution in [0.4, 0.5) is 0 Å². The number of benzene rings is 2. The van der Waals surface area contributed by atoms with Gasteiger partial charge in [0, 0.05) is 10.0 Å². The maximum absolute atomic E-state index is 5.90. The van der Waals surface area contributed by atoms with Crippen LogP contribution in [0.3, 0.4) is 0 Å². The molecular formula is C12H7Cl2N3. The third-order valence-corrected chi connectivity index (χ3v) is 2.97. The van der Waals surface area contributed by atoms with Gasteiger partial charge in [-0.1, -0.05) is 28.4 Å². The largest absolute Gasteiger partial charge is 0.213 e. The van der Waals surface area contributed by atoms with Crippen molar-refractivity contribution in [1.82, 2.24) is 15.0 Å². The van der Waals surface area contributed by atoms with E-state index in [2.05, 4.69) is 10.3 Å². The summed E-state index contributed by atoms with van der Waals surface area (Å²) < 4.78 is 1.75. The minimum Gasteiger partial charge on any atom is -0.213 e. The lowest BCUT2D eigenvalue weighted by atomic mass is 10.3. The van der Waals surface area contributed by atoms with Crippen molar-refractivity contribution in [1.29, 1.82) is 0 Å². The summed E-state index contributed by atoms with van der Waals surface area (Å²) in [5, 5.41) is 9.52. The highest BCUT2D eigenvalue weighted by Crippen LogP contribution is 2.20. The van der Waals surface area contributed by atoms with Gasteiger partial charge in [0.15, 0.2) is 0 Å². The number of halogens is 2. The molecule has 0 bridgehead atoms. The van der Waals surface area contributed by atoms with Crippen molar-refractivity contribution >= 4 is 34.2 Å². The van der Waals surface area contributed by atoms with Crippen molar-refractivity contribution in [2.24, 2.45) is 0 Å². The molecule has 3 aromatic rings. The van der Waals surface area contributed by atoms with Crippen LogP contribution in [0.1, 0.15) is 0 Å². The molecule has 84 valence electrons. The van der Waals surface area contributed by atoms with Gasteiger partial charge in [0.1, 0.15) is 5.52 Å². The molecule has 2 aromatic carbocycles. The predicted octanol–water partition coefficient (Wildman–Crippen LogP) is 3.73. The van der Waals surface area contributed by atoms with Gasteiger partial charge in [0.25, 0.3) is 0 Å². The van der Waals surface area contributed by atoms with E-state index in [0.29, 0.717) is 10.0 Å². The van der Waals surface area contributed by atoms with Crippen LogP contribution in [0.15, 0.2) is 42.5 Å². The van der Waals surface area contributed by atoms with Crippen LogP contribution in [0.25, 0.3) is 16.7 Å². The lowest BCUT2D eigenvalue weighted by molar-refractivity contribution is 0.824. The Balaban J connectivity index is 2.21. The lowest BCUT2D eigenvalue weighted by Crippen LogP contribution is -1.95. The highest BCUT2D eigenvalue weighted by Gasteiger charge is 2.06. The molecular weight excluding hydrogens is 257 g/mol. The van der Waals surface area contributed by atoms with E-state index in [1.165, 1.54) is 0 Å². The Morgan fingerprint density at radius 1 is 0.882 bits per heavy atom. The summed E-state index contributed by atoms with van der Waals surface area (Å²) in [7, 11) is 0. The average Bonchev–Trinajstić information content (AvgIpc) is 2.73. The van der Waals surface area contributed by atoms with E-state index >= 15 is 0 Å². The second kappa shape index (κ2) is 4.02. The normalized spacial score (nSPS) is 10.9. The summed E-state index contributed by atoms with van der Waals surface area (Å²) in [6.45, 7) is 0. The number of fused-ring (bicyclic) bond motifs is 1. The molecule has 0 aliphatic rings. The molecule has 3 nitrogen and oxygen atoms in total. The van der Waals surface area contributed by atoms with E-state index in [1.807, 2.05) is 36.4 Å². The number of nitrogens with zero attached hydrogens (tertiary/aromatic N) is 3. The molecule has 1 aromatic heterocycles. The second-order valence-electron chi connectivity index (χ2n) is 3.61. The highest BCUT2D eigenvalue weighted by molar-refractivity contribution is 6.31. The van der Waals surface area contributed by atoms with Crippen LogP contribution in [0.2, 0.25) is 10.0 Å². The van der Waals surface area contributed by atoms with E-state index in [-0.39, 0.29) is 0 Å². The molecule has 17 heavy (non-hydrogen) atoms. The molecule has 0 fully saturated rings. The number of aromatic nitrogens is 3. The summed E-state index contributed by atoms with van der Waals surface area (Å²) in [4.78, 5) is 0. The van der Waals surface area contributed by atoms with Crippen molar-refractivity contribution in [3.05, 3.63) is 52.5 Å². The minimum absolute atomic E-state index is 0.653. The third kappa shape index (κ3) is 1.88. The van der Waals surface area contributed by atoms with E-state index in [0.717, 1.165) is 16.7 Å². The second-order valence-corrected chi connectivity index (χ2v) is 4.48. The third-order valence-electron chi connectivity index (χ3n) is 2.48. The molecule has 0 radical (unpaired) electrons. The monoisotopic (exact) mass is 263 g/mol. The van der Waals surface area contributed by atoms with E-state index in [4.69, 9.17) is 23.2 Å². The van der Waals surface area contributed by atoms with Gasteiger partial charge in [0.05, 0.1) is 11.2 Å². The Labute approximate surface area is 108 Å². The Morgan fingerprint density at radius 2 is 1.59 bits per heavy atom. The topological polar surface area (TPSA) is 30.7 Å². The molecule has 0 spiro atoms.